The Balaban J connectivity index is 1.83. The lowest BCUT2D eigenvalue weighted by Crippen LogP contribution is -2.32. The quantitative estimate of drug-likeness (QED) is 0.640. The van der Waals surface area contributed by atoms with Crippen LogP contribution in [0.15, 0.2) is 41.3 Å². The van der Waals surface area contributed by atoms with E-state index in [1.165, 1.54) is 29.6 Å². The number of aryl methyl sites for hydroxylation is 2. The molecule has 2 aromatic carbocycles. The highest BCUT2D eigenvalue weighted by Gasteiger charge is 2.29. The fourth-order valence-corrected chi connectivity index (χ4v) is 5.51. The lowest BCUT2D eigenvalue weighted by atomic mass is 10.1. The molecule has 0 amide bonds. The Morgan fingerprint density at radius 2 is 1.60 bits per heavy atom. The third-order valence-electron chi connectivity index (χ3n) is 5.23. The summed E-state index contributed by atoms with van der Waals surface area (Å²) in [5, 5.41) is 0. The smallest absolute Gasteiger partial charge is 0.338 e. The zero-order valence-corrected chi connectivity index (χ0v) is 18.6. The number of sulfonamides is 1. The van der Waals surface area contributed by atoms with Gasteiger partial charge in [0.2, 0.25) is 10.0 Å². The Hall–Kier alpha value is -2.38. The minimum atomic E-state index is -3.76. The fourth-order valence-electron chi connectivity index (χ4n) is 3.81. The minimum absolute atomic E-state index is 0.00718. The Labute approximate surface area is 178 Å². The van der Waals surface area contributed by atoms with E-state index in [-0.39, 0.29) is 22.8 Å². The maximum Gasteiger partial charge on any atom is 0.338 e. The highest BCUT2D eigenvalue weighted by Crippen LogP contribution is 2.29. The average Bonchev–Trinajstić information content (AvgIpc) is 3.01. The standard InChI is InChI=1S/C23H29NO5S/c1-17-12-18(2)14-19(13-17)16-29-23(25)20-8-9-21(28-3)22(15-20)30(26,27)24-10-6-4-5-7-11-24/h8-9,12-15H,4-7,10-11,16H2,1-3H3. The van der Waals surface area contributed by atoms with Crippen LogP contribution in [0.5, 0.6) is 5.75 Å². The van der Waals surface area contributed by atoms with Gasteiger partial charge in [-0.15, -0.1) is 0 Å². The SMILES string of the molecule is COc1ccc(C(=O)OCc2cc(C)cc(C)c2)cc1S(=O)(=O)N1CCCCCC1. The van der Waals surface area contributed by atoms with Crippen molar-refractivity contribution < 1.29 is 22.7 Å². The fraction of sp³-hybridized carbons (Fsp3) is 0.435. The van der Waals surface area contributed by atoms with Gasteiger partial charge in [-0.05, 0) is 50.5 Å². The van der Waals surface area contributed by atoms with Gasteiger partial charge >= 0.3 is 5.97 Å². The van der Waals surface area contributed by atoms with Gasteiger partial charge in [-0.1, -0.05) is 42.2 Å². The third-order valence-corrected chi connectivity index (χ3v) is 7.15. The molecule has 0 N–H and O–H groups in total. The average molecular weight is 432 g/mol. The summed E-state index contributed by atoms with van der Waals surface area (Å²) in [7, 11) is -2.34. The topological polar surface area (TPSA) is 72.9 Å². The van der Waals surface area contributed by atoms with Crippen LogP contribution in [0.4, 0.5) is 0 Å². The summed E-state index contributed by atoms with van der Waals surface area (Å²) in [6.45, 7) is 5.06. The monoisotopic (exact) mass is 431 g/mol. The van der Waals surface area contributed by atoms with Crippen molar-refractivity contribution in [2.45, 2.75) is 51.0 Å². The molecule has 0 aromatic heterocycles. The summed E-state index contributed by atoms with van der Waals surface area (Å²) in [4.78, 5) is 12.6. The zero-order valence-electron chi connectivity index (χ0n) is 17.8. The maximum absolute atomic E-state index is 13.2. The highest BCUT2D eigenvalue weighted by atomic mass is 32.2. The number of hydrogen-bond acceptors (Lipinski definition) is 5. The number of esters is 1. The Bertz CT molecular complexity index is 988. The van der Waals surface area contributed by atoms with Crippen molar-refractivity contribution in [1.82, 2.24) is 4.31 Å². The molecule has 0 spiro atoms. The third kappa shape index (κ3) is 5.21. The minimum Gasteiger partial charge on any atom is -0.495 e. The molecule has 1 saturated heterocycles. The van der Waals surface area contributed by atoms with Crippen LogP contribution in [0.25, 0.3) is 0 Å². The number of hydrogen-bond donors (Lipinski definition) is 0. The molecular weight excluding hydrogens is 402 g/mol. The molecule has 1 fully saturated rings. The van der Waals surface area contributed by atoms with Crippen molar-refractivity contribution in [3.05, 3.63) is 58.7 Å². The summed E-state index contributed by atoms with van der Waals surface area (Å²) in [5.41, 5.74) is 3.27. The van der Waals surface area contributed by atoms with E-state index in [1.807, 2.05) is 26.0 Å². The molecule has 0 aliphatic carbocycles. The molecule has 1 aliphatic heterocycles. The number of methoxy groups -OCH3 is 1. The number of carbonyl (C=O) groups excluding carboxylic acids is 1. The van der Waals surface area contributed by atoms with Crippen LogP contribution < -0.4 is 4.74 Å². The van der Waals surface area contributed by atoms with Crippen LogP contribution in [-0.4, -0.2) is 38.9 Å². The molecular formula is C23H29NO5S. The van der Waals surface area contributed by atoms with Gasteiger partial charge in [-0.2, -0.15) is 4.31 Å². The highest BCUT2D eigenvalue weighted by molar-refractivity contribution is 7.89. The van der Waals surface area contributed by atoms with E-state index in [9.17, 15) is 13.2 Å². The molecule has 2 aromatic rings. The van der Waals surface area contributed by atoms with Crippen LogP contribution >= 0.6 is 0 Å². The molecule has 7 heteroatoms. The van der Waals surface area contributed by atoms with E-state index in [2.05, 4.69) is 6.07 Å². The van der Waals surface area contributed by atoms with Crippen LogP contribution in [0.2, 0.25) is 0 Å². The Morgan fingerprint density at radius 3 is 2.20 bits per heavy atom. The van der Waals surface area contributed by atoms with Crippen molar-refractivity contribution in [3.8, 4) is 5.75 Å². The molecule has 0 unspecified atom stereocenters. The van der Waals surface area contributed by atoms with E-state index in [4.69, 9.17) is 9.47 Å². The molecule has 0 radical (unpaired) electrons. The van der Waals surface area contributed by atoms with E-state index < -0.39 is 16.0 Å². The van der Waals surface area contributed by atoms with E-state index in [0.29, 0.717) is 13.1 Å². The van der Waals surface area contributed by atoms with Gasteiger partial charge in [0.25, 0.3) is 0 Å². The largest absolute Gasteiger partial charge is 0.495 e. The first-order valence-electron chi connectivity index (χ1n) is 10.2. The maximum atomic E-state index is 13.2. The van der Waals surface area contributed by atoms with Crippen molar-refractivity contribution in [1.29, 1.82) is 0 Å². The molecule has 0 saturated carbocycles. The Morgan fingerprint density at radius 1 is 0.967 bits per heavy atom. The van der Waals surface area contributed by atoms with Gasteiger partial charge in [0.1, 0.15) is 17.3 Å². The van der Waals surface area contributed by atoms with Crippen LogP contribution in [0, 0.1) is 13.8 Å². The molecule has 1 heterocycles. The lowest BCUT2D eigenvalue weighted by molar-refractivity contribution is 0.0472. The summed E-state index contributed by atoms with van der Waals surface area (Å²) in [6, 6.07) is 10.4. The van der Waals surface area contributed by atoms with E-state index in [0.717, 1.165) is 42.4 Å². The van der Waals surface area contributed by atoms with Crippen molar-refractivity contribution in [3.63, 3.8) is 0 Å². The van der Waals surface area contributed by atoms with Crippen LogP contribution in [0.3, 0.4) is 0 Å². The van der Waals surface area contributed by atoms with Crippen molar-refractivity contribution >= 4 is 16.0 Å². The summed E-state index contributed by atoms with van der Waals surface area (Å²) < 4.78 is 38.7. The van der Waals surface area contributed by atoms with Crippen LogP contribution in [-0.2, 0) is 21.4 Å². The van der Waals surface area contributed by atoms with Crippen LogP contribution in [0.1, 0.15) is 52.7 Å². The second kappa shape index (κ2) is 9.62. The molecule has 0 bridgehead atoms. The first-order chi connectivity index (χ1) is 14.3. The Kier molecular flexibility index (Phi) is 7.15. The zero-order chi connectivity index (χ0) is 21.7. The summed E-state index contributed by atoms with van der Waals surface area (Å²) in [6.07, 6.45) is 3.71. The molecule has 6 nitrogen and oxygen atoms in total. The number of benzene rings is 2. The predicted octanol–water partition coefficient (Wildman–Crippen LogP) is 4.23. The summed E-state index contributed by atoms with van der Waals surface area (Å²) >= 11 is 0. The second-order valence-electron chi connectivity index (χ2n) is 7.76. The van der Waals surface area contributed by atoms with Crippen molar-refractivity contribution in [2.75, 3.05) is 20.2 Å². The molecule has 3 rings (SSSR count). The summed E-state index contributed by atoms with van der Waals surface area (Å²) in [5.74, 6) is -0.339. The molecule has 30 heavy (non-hydrogen) atoms. The normalized spacial score (nSPS) is 15.4. The molecule has 0 atom stereocenters. The van der Waals surface area contributed by atoms with Gasteiger partial charge in [0.05, 0.1) is 12.7 Å². The number of carbonyl (C=O) groups is 1. The van der Waals surface area contributed by atoms with Crippen molar-refractivity contribution in [2.24, 2.45) is 0 Å². The van der Waals surface area contributed by atoms with Gasteiger partial charge in [-0.3, -0.25) is 0 Å². The number of ether oxygens (including phenoxy) is 2. The van der Waals surface area contributed by atoms with Gasteiger partial charge < -0.3 is 9.47 Å². The first-order valence-corrected chi connectivity index (χ1v) is 11.7. The number of rotatable bonds is 6. The number of nitrogens with zero attached hydrogens (tertiary/aromatic N) is 1. The predicted molar refractivity (Wildman–Crippen MR) is 115 cm³/mol. The molecule has 162 valence electrons. The van der Waals surface area contributed by atoms with Gasteiger partial charge in [0, 0.05) is 13.1 Å². The van der Waals surface area contributed by atoms with E-state index in [1.54, 1.807) is 0 Å². The van der Waals surface area contributed by atoms with Gasteiger partial charge in [-0.25, -0.2) is 13.2 Å². The first kappa shape index (κ1) is 22.3. The van der Waals surface area contributed by atoms with E-state index >= 15 is 0 Å². The molecule has 1 aliphatic rings. The lowest BCUT2D eigenvalue weighted by Gasteiger charge is -2.21. The second-order valence-corrected chi connectivity index (χ2v) is 9.66. The van der Waals surface area contributed by atoms with Gasteiger partial charge in [0.15, 0.2) is 0 Å².